The van der Waals surface area contributed by atoms with Gasteiger partial charge in [-0.05, 0) is 18.8 Å². The van der Waals surface area contributed by atoms with Crippen molar-refractivity contribution in [3.8, 4) is 22.2 Å². The number of nitrogens with zero attached hydrogens (tertiary/aromatic N) is 5. The predicted molar refractivity (Wildman–Crippen MR) is 104 cm³/mol. The Labute approximate surface area is 178 Å². The third kappa shape index (κ3) is 4.45. The normalized spacial score (nSPS) is 13.8. The van der Waals surface area contributed by atoms with Crippen LogP contribution in [0.1, 0.15) is 28.9 Å². The summed E-state index contributed by atoms with van der Waals surface area (Å²) in [6.45, 7) is 0.664. The first-order valence-electron chi connectivity index (χ1n) is 9.15. The number of carbonyl (C=O) groups is 1. The molecule has 0 spiro atoms. The summed E-state index contributed by atoms with van der Waals surface area (Å²) in [7, 11) is 2.59. The molecule has 4 rings (SSSR count). The lowest BCUT2D eigenvalue weighted by atomic mass is 10.2. The Hall–Kier alpha value is -3.22. The van der Waals surface area contributed by atoms with E-state index in [4.69, 9.17) is 9.47 Å². The van der Waals surface area contributed by atoms with E-state index < -0.39 is 17.8 Å². The molecule has 1 fully saturated rings. The van der Waals surface area contributed by atoms with Crippen molar-refractivity contribution in [1.82, 2.24) is 24.7 Å². The summed E-state index contributed by atoms with van der Waals surface area (Å²) in [5.41, 5.74) is -0.971. The topological polar surface area (TPSA) is 104 Å². The van der Waals surface area contributed by atoms with Crippen LogP contribution in [0.15, 0.2) is 18.7 Å². The van der Waals surface area contributed by atoms with E-state index in [1.54, 1.807) is 10.9 Å². The molecule has 164 valence electrons. The number of thiazole rings is 1. The van der Waals surface area contributed by atoms with Crippen molar-refractivity contribution in [3.05, 3.63) is 30.0 Å². The number of rotatable bonds is 7. The van der Waals surface area contributed by atoms with Crippen molar-refractivity contribution >= 4 is 22.4 Å². The molecule has 3 aromatic rings. The van der Waals surface area contributed by atoms with Gasteiger partial charge < -0.3 is 9.47 Å². The van der Waals surface area contributed by atoms with Gasteiger partial charge in [0, 0.05) is 18.3 Å². The first kappa shape index (κ1) is 21.0. The van der Waals surface area contributed by atoms with Gasteiger partial charge in [-0.1, -0.05) is 11.3 Å². The minimum atomic E-state index is -4.71. The van der Waals surface area contributed by atoms with Crippen LogP contribution in [0, 0.1) is 5.92 Å². The van der Waals surface area contributed by atoms with Gasteiger partial charge in [-0.25, -0.2) is 15.0 Å². The van der Waals surface area contributed by atoms with Gasteiger partial charge in [0.15, 0.2) is 16.4 Å². The van der Waals surface area contributed by atoms with E-state index >= 15 is 0 Å². The smallest absolute Gasteiger partial charge is 0.434 e. The lowest BCUT2D eigenvalue weighted by Crippen LogP contribution is -2.16. The number of aromatic nitrogens is 5. The molecule has 0 atom stereocenters. The number of halogens is 3. The fourth-order valence-electron chi connectivity index (χ4n) is 2.92. The number of alkyl halides is 3. The molecule has 0 radical (unpaired) electrons. The average molecular weight is 454 g/mol. The second-order valence-electron chi connectivity index (χ2n) is 6.81. The summed E-state index contributed by atoms with van der Waals surface area (Å²) in [6.07, 6.45) is 1.54. The molecule has 0 bridgehead atoms. The highest BCUT2D eigenvalue weighted by molar-refractivity contribution is 7.19. The summed E-state index contributed by atoms with van der Waals surface area (Å²) >= 11 is 0.698. The Morgan fingerprint density at radius 2 is 1.94 bits per heavy atom. The molecule has 31 heavy (non-hydrogen) atoms. The van der Waals surface area contributed by atoms with Gasteiger partial charge in [-0.3, -0.25) is 14.8 Å². The first-order valence-corrected chi connectivity index (χ1v) is 9.97. The van der Waals surface area contributed by atoms with E-state index in [1.807, 2.05) is 0 Å². The van der Waals surface area contributed by atoms with Gasteiger partial charge in [0.1, 0.15) is 6.33 Å². The standard InChI is InChI=1S/C18H17F3N6O3S/c1-29-15-11(16(30-2)23-8-22-15)14(28)26-17-25-13(18(19,20)21)12(31-17)10-5-24-27(7-10)6-9-3-4-9/h5,7-9H,3-4,6H2,1-2H3,(H,25,26,28). The zero-order valence-corrected chi connectivity index (χ0v) is 17.3. The van der Waals surface area contributed by atoms with E-state index in [0.29, 0.717) is 23.8 Å². The molecule has 1 aliphatic rings. The van der Waals surface area contributed by atoms with Crippen molar-refractivity contribution in [2.24, 2.45) is 5.92 Å². The van der Waals surface area contributed by atoms with Gasteiger partial charge in [0.2, 0.25) is 11.8 Å². The minimum Gasteiger partial charge on any atom is -0.480 e. The SMILES string of the molecule is COc1ncnc(OC)c1C(=O)Nc1nc(C(F)(F)F)c(-c2cnn(CC3CC3)c2)s1. The summed E-state index contributed by atoms with van der Waals surface area (Å²) in [4.78, 5) is 23.9. The summed E-state index contributed by atoms with van der Waals surface area (Å²) in [6, 6.07) is 0. The summed E-state index contributed by atoms with van der Waals surface area (Å²) < 4.78 is 52.6. The van der Waals surface area contributed by atoms with Crippen LogP contribution >= 0.6 is 11.3 Å². The van der Waals surface area contributed by atoms with Crippen molar-refractivity contribution in [3.63, 3.8) is 0 Å². The molecule has 1 saturated carbocycles. The average Bonchev–Trinajstić information content (AvgIpc) is 3.24. The fraction of sp³-hybridized carbons (Fsp3) is 0.389. The summed E-state index contributed by atoms with van der Waals surface area (Å²) in [5, 5.41) is 6.27. The van der Waals surface area contributed by atoms with Gasteiger partial charge in [-0.15, -0.1) is 0 Å². The quantitative estimate of drug-likeness (QED) is 0.583. The molecular formula is C18H17F3N6O3S. The maximum atomic E-state index is 13.6. The zero-order chi connectivity index (χ0) is 22.2. The van der Waals surface area contributed by atoms with E-state index in [9.17, 15) is 18.0 Å². The second-order valence-corrected chi connectivity index (χ2v) is 7.81. The molecule has 1 amide bonds. The Balaban J connectivity index is 1.66. The Morgan fingerprint density at radius 1 is 1.26 bits per heavy atom. The molecule has 13 heteroatoms. The number of ether oxygens (including phenoxy) is 2. The molecule has 3 heterocycles. The summed E-state index contributed by atoms with van der Waals surface area (Å²) in [5.74, 6) is -0.464. The van der Waals surface area contributed by atoms with Crippen LogP contribution in [0.2, 0.25) is 0 Å². The molecule has 1 aliphatic carbocycles. The van der Waals surface area contributed by atoms with Crippen LogP contribution in [0.3, 0.4) is 0 Å². The van der Waals surface area contributed by atoms with Gasteiger partial charge in [-0.2, -0.15) is 18.3 Å². The molecule has 0 unspecified atom stereocenters. The number of amides is 1. The van der Waals surface area contributed by atoms with Crippen LogP contribution in [-0.4, -0.2) is 44.9 Å². The Bertz CT molecular complexity index is 1090. The van der Waals surface area contributed by atoms with Crippen LogP contribution in [0.4, 0.5) is 18.3 Å². The van der Waals surface area contributed by atoms with Crippen molar-refractivity contribution in [1.29, 1.82) is 0 Å². The number of hydrogen-bond donors (Lipinski definition) is 1. The highest BCUT2D eigenvalue weighted by atomic mass is 32.1. The van der Waals surface area contributed by atoms with Crippen LogP contribution in [-0.2, 0) is 12.7 Å². The molecule has 0 aliphatic heterocycles. The Morgan fingerprint density at radius 3 is 2.52 bits per heavy atom. The monoisotopic (exact) mass is 454 g/mol. The zero-order valence-electron chi connectivity index (χ0n) is 16.4. The van der Waals surface area contributed by atoms with Crippen LogP contribution in [0.25, 0.3) is 10.4 Å². The number of carbonyl (C=O) groups excluding carboxylic acids is 1. The van der Waals surface area contributed by atoms with Crippen molar-refractivity contribution in [2.45, 2.75) is 25.6 Å². The first-order chi connectivity index (χ1) is 14.8. The number of hydrogen-bond acceptors (Lipinski definition) is 8. The second kappa shape index (κ2) is 8.13. The van der Waals surface area contributed by atoms with Crippen molar-refractivity contribution < 1.29 is 27.4 Å². The highest BCUT2D eigenvalue weighted by Crippen LogP contribution is 2.42. The third-order valence-corrected chi connectivity index (χ3v) is 5.57. The Kier molecular flexibility index (Phi) is 5.52. The molecular weight excluding hydrogens is 437 g/mol. The lowest BCUT2D eigenvalue weighted by Gasteiger charge is -2.09. The van der Waals surface area contributed by atoms with Crippen molar-refractivity contribution in [2.75, 3.05) is 19.5 Å². The molecule has 1 N–H and O–H groups in total. The molecule has 9 nitrogen and oxygen atoms in total. The highest BCUT2D eigenvalue weighted by Gasteiger charge is 2.39. The number of anilines is 1. The van der Waals surface area contributed by atoms with Crippen LogP contribution < -0.4 is 14.8 Å². The van der Waals surface area contributed by atoms with E-state index in [1.165, 1.54) is 20.4 Å². The third-order valence-electron chi connectivity index (χ3n) is 4.55. The van der Waals surface area contributed by atoms with Crippen LogP contribution in [0.5, 0.6) is 11.8 Å². The van der Waals surface area contributed by atoms with Gasteiger partial charge >= 0.3 is 6.18 Å². The van der Waals surface area contributed by atoms with Gasteiger partial charge in [0.25, 0.3) is 5.91 Å². The molecule has 0 aromatic carbocycles. The van der Waals surface area contributed by atoms with E-state index in [2.05, 4.69) is 25.4 Å². The largest absolute Gasteiger partial charge is 0.480 e. The van der Waals surface area contributed by atoms with E-state index in [0.717, 1.165) is 19.2 Å². The molecule has 3 aromatic heterocycles. The number of methoxy groups -OCH3 is 2. The number of nitrogens with one attached hydrogen (secondary N) is 1. The predicted octanol–water partition coefficient (Wildman–Crippen LogP) is 3.49. The fourth-order valence-corrected chi connectivity index (χ4v) is 3.88. The van der Waals surface area contributed by atoms with E-state index in [-0.39, 0.29) is 32.9 Å². The maximum Gasteiger partial charge on any atom is 0.434 e. The molecule has 0 saturated heterocycles. The lowest BCUT2D eigenvalue weighted by molar-refractivity contribution is -0.140. The minimum absolute atomic E-state index is 0.0847. The maximum absolute atomic E-state index is 13.6. The van der Waals surface area contributed by atoms with Gasteiger partial charge in [0.05, 0.1) is 25.3 Å².